The highest BCUT2D eigenvalue weighted by molar-refractivity contribution is 5.87. The van der Waals surface area contributed by atoms with Crippen LogP contribution in [0.5, 0.6) is 17.2 Å². The molecule has 1 N–H and O–H groups in total. The molecule has 24 heavy (non-hydrogen) atoms. The molecule has 0 atom stereocenters. The van der Waals surface area contributed by atoms with Crippen LogP contribution in [0.2, 0.25) is 0 Å². The minimum atomic E-state index is 0.594. The summed E-state index contributed by atoms with van der Waals surface area (Å²) in [4.78, 5) is 18.0. The van der Waals surface area contributed by atoms with Crippen LogP contribution >= 0.6 is 0 Å². The fourth-order valence-corrected chi connectivity index (χ4v) is 2.56. The van der Waals surface area contributed by atoms with Crippen LogP contribution in [0.1, 0.15) is 5.82 Å². The number of aryl methyl sites for hydroxylation is 1. The Morgan fingerprint density at radius 2 is 1.62 bits per heavy atom. The molecule has 0 bridgehead atoms. The average Bonchev–Trinajstić information content (AvgIpc) is 3.07. The van der Waals surface area contributed by atoms with Gasteiger partial charge < -0.3 is 24.1 Å². The average molecular weight is 329 g/mol. The maximum atomic E-state index is 5.51. The third kappa shape index (κ3) is 2.55. The fourth-order valence-electron chi connectivity index (χ4n) is 2.56. The molecule has 2 aromatic heterocycles. The number of H-pyrrole nitrogens is 1. The summed E-state index contributed by atoms with van der Waals surface area (Å²) in [6.07, 6.45) is 1.60. The van der Waals surface area contributed by atoms with Gasteiger partial charge in [0.15, 0.2) is 23.0 Å². The lowest BCUT2D eigenvalue weighted by Gasteiger charge is -2.23. The summed E-state index contributed by atoms with van der Waals surface area (Å²) in [6, 6.07) is 3.63. The molecule has 0 unspecified atom stereocenters. The van der Waals surface area contributed by atoms with Gasteiger partial charge in [-0.2, -0.15) is 0 Å². The zero-order valence-electron chi connectivity index (χ0n) is 14.2. The Hall–Kier alpha value is -3.03. The highest BCUT2D eigenvalue weighted by atomic mass is 16.5. The van der Waals surface area contributed by atoms with E-state index in [0.29, 0.717) is 34.5 Å². The Labute approximate surface area is 139 Å². The van der Waals surface area contributed by atoms with E-state index < -0.39 is 0 Å². The van der Waals surface area contributed by atoms with E-state index in [0.717, 1.165) is 11.2 Å². The van der Waals surface area contributed by atoms with Crippen LogP contribution in [0.25, 0.3) is 11.2 Å². The minimum Gasteiger partial charge on any atom is -0.494 e. The van der Waals surface area contributed by atoms with Gasteiger partial charge in [0.05, 0.1) is 33.3 Å². The number of nitrogens with one attached hydrogen (secondary N) is 1. The highest BCUT2D eigenvalue weighted by Crippen LogP contribution is 2.41. The van der Waals surface area contributed by atoms with E-state index in [1.807, 2.05) is 24.9 Å². The van der Waals surface area contributed by atoms with Crippen molar-refractivity contribution in [1.29, 1.82) is 0 Å². The zero-order valence-corrected chi connectivity index (χ0v) is 14.2. The number of hydrogen-bond donors (Lipinski definition) is 1. The number of benzene rings is 1. The first-order valence-corrected chi connectivity index (χ1v) is 7.30. The topological polar surface area (TPSA) is 85.4 Å². The molecule has 0 fully saturated rings. The number of aromatic nitrogens is 4. The third-order valence-electron chi connectivity index (χ3n) is 3.74. The van der Waals surface area contributed by atoms with E-state index >= 15 is 0 Å². The first kappa shape index (κ1) is 15.9. The van der Waals surface area contributed by atoms with Gasteiger partial charge in [-0.3, -0.25) is 0 Å². The van der Waals surface area contributed by atoms with Crippen molar-refractivity contribution in [3.63, 3.8) is 0 Å². The van der Waals surface area contributed by atoms with Gasteiger partial charge in [-0.1, -0.05) is 0 Å². The predicted molar refractivity (Wildman–Crippen MR) is 90.6 cm³/mol. The lowest BCUT2D eigenvalue weighted by Crippen LogP contribution is -2.14. The molecular weight excluding hydrogens is 310 g/mol. The second kappa shape index (κ2) is 6.23. The smallest absolute Gasteiger partial charge is 0.183 e. The Morgan fingerprint density at radius 1 is 0.958 bits per heavy atom. The molecule has 0 aliphatic heterocycles. The first-order chi connectivity index (χ1) is 11.6. The lowest BCUT2D eigenvalue weighted by atomic mass is 10.2. The van der Waals surface area contributed by atoms with Crippen molar-refractivity contribution in [2.75, 3.05) is 33.3 Å². The second-order valence-electron chi connectivity index (χ2n) is 5.13. The van der Waals surface area contributed by atoms with Crippen molar-refractivity contribution in [3.8, 4) is 17.2 Å². The number of nitrogens with zero attached hydrogens (tertiary/aromatic N) is 4. The molecule has 126 valence electrons. The fraction of sp³-hybridized carbons (Fsp3) is 0.312. The van der Waals surface area contributed by atoms with E-state index in [1.54, 1.807) is 33.7 Å². The van der Waals surface area contributed by atoms with Gasteiger partial charge in [-0.25, -0.2) is 15.0 Å². The van der Waals surface area contributed by atoms with Gasteiger partial charge in [0.25, 0.3) is 0 Å². The van der Waals surface area contributed by atoms with Crippen molar-refractivity contribution < 1.29 is 14.2 Å². The van der Waals surface area contributed by atoms with Crippen molar-refractivity contribution in [2.24, 2.45) is 0 Å². The molecule has 3 aromatic rings. The lowest BCUT2D eigenvalue weighted by molar-refractivity contribution is 0.349. The van der Waals surface area contributed by atoms with Crippen LogP contribution in [0.15, 0.2) is 18.5 Å². The van der Waals surface area contributed by atoms with E-state index in [9.17, 15) is 0 Å². The van der Waals surface area contributed by atoms with Gasteiger partial charge in [-0.15, -0.1) is 0 Å². The Balaban J connectivity index is 2.18. The van der Waals surface area contributed by atoms with Gasteiger partial charge >= 0.3 is 0 Å². The van der Waals surface area contributed by atoms with Crippen LogP contribution in [0, 0.1) is 6.92 Å². The Bertz CT molecular complexity index is 878. The van der Waals surface area contributed by atoms with Crippen LogP contribution in [0.3, 0.4) is 0 Å². The molecule has 8 heteroatoms. The van der Waals surface area contributed by atoms with E-state index in [2.05, 4.69) is 19.9 Å². The van der Waals surface area contributed by atoms with E-state index in [-0.39, 0.29) is 0 Å². The van der Waals surface area contributed by atoms with Crippen molar-refractivity contribution in [2.45, 2.75) is 6.92 Å². The van der Waals surface area contributed by atoms with Gasteiger partial charge in [0.2, 0.25) is 0 Å². The van der Waals surface area contributed by atoms with Crippen molar-refractivity contribution in [1.82, 2.24) is 19.9 Å². The van der Waals surface area contributed by atoms with Crippen LogP contribution in [-0.4, -0.2) is 48.3 Å². The van der Waals surface area contributed by atoms with E-state index in [4.69, 9.17) is 14.2 Å². The Kier molecular flexibility index (Phi) is 4.11. The normalized spacial score (nSPS) is 10.7. The number of imidazole rings is 1. The number of aromatic amines is 1. The minimum absolute atomic E-state index is 0.594. The molecule has 0 amide bonds. The molecule has 0 aliphatic rings. The standard InChI is InChI=1S/C16H19N5O3/c1-9-19-15-14(17-8-18-15)16(20-9)21(2)10-6-12(23-4)13(24-5)7-11(10)22-3/h6-8H,1-5H3,(H,17,18,19,20). The van der Waals surface area contributed by atoms with Crippen LogP contribution in [-0.2, 0) is 0 Å². The van der Waals surface area contributed by atoms with Gasteiger partial charge in [-0.05, 0) is 6.92 Å². The van der Waals surface area contributed by atoms with Crippen molar-refractivity contribution in [3.05, 3.63) is 24.3 Å². The van der Waals surface area contributed by atoms with Crippen LogP contribution < -0.4 is 19.1 Å². The summed E-state index contributed by atoms with van der Waals surface area (Å²) in [5.41, 5.74) is 2.15. The molecule has 0 saturated carbocycles. The molecule has 0 saturated heterocycles. The molecule has 0 spiro atoms. The second-order valence-corrected chi connectivity index (χ2v) is 5.13. The summed E-state index contributed by atoms with van der Waals surface area (Å²) >= 11 is 0. The Morgan fingerprint density at radius 3 is 2.29 bits per heavy atom. The molecule has 2 heterocycles. The first-order valence-electron chi connectivity index (χ1n) is 7.30. The molecule has 1 aromatic carbocycles. The number of ether oxygens (including phenoxy) is 3. The molecule has 8 nitrogen and oxygen atoms in total. The van der Waals surface area contributed by atoms with E-state index in [1.165, 1.54) is 0 Å². The zero-order chi connectivity index (χ0) is 17.3. The molecule has 0 aliphatic carbocycles. The number of rotatable bonds is 5. The molecular formula is C16H19N5O3. The SMILES string of the molecule is COc1cc(OC)c(N(C)c2nc(C)nc3nc[nH]c23)cc1OC. The maximum absolute atomic E-state index is 5.51. The number of anilines is 2. The number of fused-ring (bicyclic) bond motifs is 1. The summed E-state index contributed by atoms with van der Waals surface area (Å²) < 4.78 is 16.2. The van der Waals surface area contributed by atoms with Gasteiger partial charge in [0.1, 0.15) is 17.1 Å². The maximum Gasteiger partial charge on any atom is 0.183 e. The van der Waals surface area contributed by atoms with Gasteiger partial charge in [0, 0.05) is 19.2 Å². The number of methoxy groups -OCH3 is 3. The third-order valence-corrected chi connectivity index (χ3v) is 3.74. The summed E-state index contributed by atoms with van der Waals surface area (Å²) in [5.74, 6) is 3.17. The van der Waals surface area contributed by atoms with Crippen LogP contribution in [0.4, 0.5) is 11.5 Å². The highest BCUT2D eigenvalue weighted by Gasteiger charge is 2.20. The number of hydrogen-bond acceptors (Lipinski definition) is 7. The largest absolute Gasteiger partial charge is 0.494 e. The summed E-state index contributed by atoms with van der Waals surface area (Å²) in [5, 5.41) is 0. The predicted octanol–water partition coefficient (Wildman–Crippen LogP) is 2.46. The summed E-state index contributed by atoms with van der Waals surface area (Å²) in [7, 11) is 6.68. The monoisotopic (exact) mass is 329 g/mol. The van der Waals surface area contributed by atoms with Crippen molar-refractivity contribution >= 4 is 22.7 Å². The quantitative estimate of drug-likeness (QED) is 0.769. The molecule has 3 rings (SSSR count). The molecule has 0 radical (unpaired) electrons. The summed E-state index contributed by atoms with van der Waals surface area (Å²) in [6.45, 7) is 1.83.